The van der Waals surface area contributed by atoms with E-state index in [9.17, 15) is 4.79 Å². The summed E-state index contributed by atoms with van der Waals surface area (Å²) >= 11 is 3.34. The molecular weight excluding hydrogens is 368 g/mol. The molecule has 2 aromatic carbocycles. The lowest BCUT2D eigenvalue weighted by Gasteiger charge is -2.18. The van der Waals surface area contributed by atoms with Crippen LogP contribution in [0.3, 0.4) is 0 Å². The van der Waals surface area contributed by atoms with Gasteiger partial charge in [-0.15, -0.1) is 0 Å². The molecule has 1 amide bonds. The Bertz CT molecular complexity index is 702. The number of nitrogens with one attached hydrogen (secondary N) is 1. The Kier molecular flexibility index (Phi) is 6.15. The third kappa shape index (κ3) is 5.81. The minimum atomic E-state index is -0.252. The normalized spacial score (nSPS) is 11.5. The van der Waals surface area contributed by atoms with Crippen LogP contribution in [-0.4, -0.2) is 18.7 Å². The summed E-state index contributed by atoms with van der Waals surface area (Å²) in [6, 6.07) is 15.4. The van der Waals surface area contributed by atoms with Gasteiger partial charge in [0.2, 0.25) is 0 Å². The van der Waals surface area contributed by atoms with E-state index in [0.717, 1.165) is 10.0 Å². The van der Waals surface area contributed by atoms with Crippen LogP contribution in [-0.2, 0) is 15.0 Å². The van der Waals surface area contributed by atoms with Crippen LogP contribution in [0.4, 0.5) is 5.69 Å². The van der Waals surface area contributed by atoms with E-state index in [-0.39, 0.29) is 17.9 Å². The molecule has 2 aromatic rings. The number of hydrogen-bond donors (Lipinski definition) is 1. The van der Waals surface area contributed by atoms with Crippen molar-refractivity contribution in [2.24, 2.45) is 5.16 Å². The van der Waals surface area contributed by atoms with Crippen molar-refractivity contribution in [1.82, 2.24) is 0 Å². The SMILES string of the molecule is CC(C)(C)c1ccc(C=NOCC(=O)Nc2ccc(Br)cc2)cc1. The highest BCUT2D eigenvalue weighted by Crippen LogP contribution is 2.21. The van der Waals surface area contributed by atoms with Crippen LogP contribution in [0.15, 0.2) is 58.2 Å². The molecule has 4 nitrogen and oxygen atoms in total. The summed E-state index contributed by atoms with van der Waals surface area (Å²) in [6.07, 6.45) is 1.60. The molecule has 0 atom stereocenters. The lowest BCUT2D eigenvalue weighted by Crippen LogP contribution is -2.16. The second-order valence-electron chi connectivity index (χ2n) is 6.44. The fourth-order valence-corrected chi connectivity index (χ4v) is 2.26. The lowest BCUT2D eigenvalue weighted by molar-refractivity contribution is -0.120. The van der Waals surface area contributed by atoms with Crippen LogP contribution in [0, 0.1) is 0 Å². The molecule has 0 bridgehead atoms. The number of oxime groups is 1. The molecule has 0 spiro atoms. The van der Waals surface area contributed by atoms with Crippen molar-refractivity contribution in [1.29, 1.82) is 0 Å². The van der Waals surface area contributed by atoms with Crippen LogP contribution >= 0.6 is 15.9 Å². The van der Waals surface area contributed by atoms with Crippen LogP contribution < -0.4 is 5.32 Å². The van der Waals surface area contributed by atoms with Crippen LogP contribution in [0.2, 0.25) is 0 Å². The average molecular weight is 389 g/mol. The minimum absolute atomic E-state index is 0.122. The van der Waals surface area contributed by atoms with Gasteiger partial charge in [-0.25, -0.2) is 0 Å². The molecule has 0 fully saturated rings. The monoisotopic (exact) mass is 388 g/mol. The van der Waals surface area contributed by atoms with E-state index in [4.69, 9.17) is 4.84 Å². The van der Waals surface area contributed by atoms with Gasteiger partial charge < -0.3 is 10.2 Å². The molecule has 0 saturated heterocycles. The number of rotatable bonds is 5. The zero-order chi connectivity index (χ0) is 17.6. The van der Waals surface area contributed by atoms with Crippen molar-refractivity contribution in [2.75, 3.05) is 11.9 Å². The minimum Gasteiger partial charge on any atom is -0.386 e. The molecule has 1 N–H and O–H groups in total. The van der Waals surface area contributed by atoms with Crippen molar-refractivity contribution in [3.63, 3.8) is 0 Å². The van der Waals surface area contributed by atoms with Crippen LogP contribution in [0.25, 0.3) is 0 Å². The third-order valence-corrected chi connectivity index (χ3v) is 3.91. The first kappa shape index (κ1) is 18.2. The second-order valence-corrected chi connectivity index (χ2v) is 7.35. The van der Waals surface area contributed by atoms with Gasteiger partial charge in [-0.2, -0.15) is 0 Å². The molecule has 2 rings (SSSR count). The number of hydrogen-bond acceptors (Lipinski definition) is 3. The molecule has 0 aromatic heterocycles. The molecular formula is C19H21BrN2O2. The van der Waals surface area contributed by atoms with Crippen molar-refractivity contribution in [2.45, 2.75) is 26.2 Å². The molecule has 0 radical (unpaired) electrons. The summed E-state index contributed by atoms with van der Waals surface area (Å²) in [5.74, 6) is -0.252. The van der Waals surface area contributed by atoms with E-state index in [1.165, 1.54) is 5.56 Å². The van der Waals surface area contributed by atoms with Gasteiger partial charge in [-0.3, -0.25) is 4.79 Å². The average Bonchev–Trinajstić information content (AvgIpc) is 2.53. The maximum Gasteiger partial charge on any atom is 0.265 e. The highest BCUT2D eigenvalue weighted by atomic mass is 79.9. The Labute approximate surface area is 151 Å². The first-order valence-electron chi connectivity index (χ1n) is 7.66. The number of benzene rings is 2. The zero-order valence-electron chi connectivity index (χ0n) is 14.0. The molecule has 0 aliphatic heterocycles. The maximum absolute atomic E-state index is 11.7. The zero-order valence-corrected chi connectivity index (χ0v) is 15.6. The molecule has 0 aliphatic carbocycles. The quantitative estimate of drug-likeness (QED) is 0.594. The topological polar surface area (TPSA) is 50.7 Å². The number of nitrogens with zero attached hydrogens (tertiary/aromatic N) is 1. The van der Waals surface area contributed by atoms with Crippen LogP contribution in [0.1, 0.15) is 31.9 Å². The lowest BCUT2D eigenvalue weighted by atomic mass is 9.87. The largest absolute Gasteiger partial charge is 0.386 e. The van der Waals surface area contributed by atoms with Gasteiger partial charge in [0.25, 0.3) is 5.91 Å². The molecule has 24 heavy (non-hydrogen) atoms. The predicted molar refractivity (Wildman–Crippen MR) is 101 cm³/mol. The molecule has 0 aliphatic rings. The fourth-order valence-electron chi connectivity index (χ4n) is 1.99. The molecule has 0 saturated carbocycles. The standard InChI is InChI=1S/C19H21BrN2O2/c1-19(2,3)15-6-4-14(5-7-15)12-21-24-13-18(23)22-17-10-8-16(20)9-11-17/h4-12H,13H2,1-3H3,(H,22,23). The molecule has 126 valence electrons. The van der Waals surface area contributed by atoms with Crippen molar-refractivity contribution in [3.8, 4) is 0 Å². The van der Waals surface area contributed by atoms with Gasteiger partial charge in [0.05, 0.1) is 6.21 Å². The number of carbonyl (C=O) groups excluding carboxylic acids is 1. The number of anilines is 1. The summed E-state index contributed by atoms with van der Waals surface area (Å²) in [4.78, 5) is 16.8. The van der Waals surface area contributed by atoms with Gasteiger partial charge in [-0.05, 0) is 40.8 Å². The van der Waals surface area contributed by atoms with Gasteiger partial charge in [-0.1, -0.05) is 66.1 Å². The first-order chi connectivity index (χ1) is 11.3. The predicted octanol–water partition coefficient (Wildman–Crippen LogP) is 4.74. The van der Waals surface area contributed by atoms with Crippen LogP contribution in [0.5, 0.6) is 0 Å². The maximum atomic E-state index is 11.7. The van der Waals surface area contributed by atoms with E-state index < -0.39 is 0 Å². The van der Waals surface area contributed by atoms with E-state index >= 15 is 0 Å². The van der Waals surface area contributed by atoms with Gasteiger partial charge in [0, 0.05) is 10.2 Å². The van der Waals surface area contributed by atoms with E-state index in [2.05, 4.69) is 59.3 Å². The fraction of sp³-hybridized carbons (Fsp3) is 0.263. The summed E-state index contributed by atoms with van der Waals surface area (Å²) in [7, 11) is 0. The smallest absolute Gasteiger partial charge is 0.265 e. The summed E-state index contributed by atoms with van der Waals surface area (Å²) in [5, 5.41) is 6.57. The Morgan fingerprint density at radius 2 is 1.75 bits per heavy atom. The summed E-state index contributed by atoms with van der Waals surface area (Å²) in [6.45, 7) is 6.38. The number of halogens is 1. The Morgan fingerprint density at radius 3 is 2.33 bits per heavy atom. The van der Waals surface area contributed by atoms with Crippen molar-refractivity contribution < 1.29 is 9.63 Å². The first-order valence-corrected chi connectivity index (χ1v) is 8.45. The highest BCUT2D eigenvalue weighted by molar-refractivity contribution is 9.10. The van der Waals surface area contributed by atoms with Gasteiger partial charge in [0.15, 0.2) is 6.61 Å². The van der Waals surface area contributed by atoms with Gasteiger partial charge in [0.1, 0.15) is 0 Å². The Morgan fingerprint density at radius 1 is 1.12 bits per heavy atom. The van der Waals surface area contributed by atoms with Crippen molar-refractivity contribution >= 4 is 33.7 Å². The second kappa shape index (κ2) is 8.11. The highest BCUT2D eigenvalue weighted by Gasteiger charge is 2.12. The Hall–Kier alpha value is -2.14. The third-order valence-electron chi connectivity index (χ3n) is 3.38. The van der Waals surface area contributed by atoms with E-state index in [1.54, 1.807) is 6.21 Å². The molecule has 5 heteroatoms. The summed E-state index contributed by atoms with van der Waals surface area (Å²) in [5.41, 5.74) is 3.02. The van der Waals surface area contributed by atoms with Gasteiger partial charge >= 0.3 is 0 Å². The molecule has 0 heterocycles. The van der Waals surface area contributed by atoms with E-state index in [0.29, 0.717) is 5.69 Å². The Balaban J connectivity index is 1.79. The number of carbonyl (C=O) groups is 1. The molecule has 0 unspecified atom stereocenters. The summed E-state index contributed by atoms with van der Waals surface area (Å²) < 4.78 is 0.957. The number of amides is 1. The van der Waals surface area contributed by atoms with E-state index in [1.807, 2.05) is 36.4 Å². The van der Waals surface area contributed by atoms with Crippen molar-refractivity contribution in [3.05, 3.63) is 64.1 Å².